The number of rotatable bonds is 8. The number of hydrogen-bond donors (Lipinski definition) is 1. The summed E-state index contributed by atoms with van der Waals surface area (Å²) in [5.74, 6) is -0.884. The average Bonchev–Trinajstić information content (AvgIpc) is 2.96. The van der Waals surface area contributed by atoms with E-state index in [4.69, 9.17) is 26.8 Å². The summed E-state index contributed by atoms with van der Waals surface area (Å²) in [6.07, 6.45) is 1.54. The van der Waals surface area contributed by atoms with Crippen LogP contribution in [0.25, 0.3) is 6.08 Å². The van der Waals surface area contributed by atoms with Crippen LogP contribution in [0.3, 0.4) is 0 Å². The van der Waals surface area contributed by atoms with Gasteiger partial charge in [-0.25, -0.2) is 4.39 Å². The van der Waals surface area contributed by atoms with Crippen LogP contribution in [0.5, 0.6) is 11.5 Å². The second kappa shape index (κ2) is 9.73. The number of carboxylic acids is 1. The highest BCUT2D eigenvalue weighted by Gasteiger charge is 2.33. The molecule has 0 atom stereocenters. The molecule has 1 aliphatic heterocycles. The van der Waals surface area contributed by atoms with Crippen LogP contribution in [-0.2, 0) is 9.59 Å². The van der Waals surface area contributed by atoms with Gasteiger partial charge in [0.15, 0.2) is 15.8 Å². The van der Waals surface area contributed by atoms with Gasteiger partial charge in [0, 0.05) is 0 Å². The molecule has 6 nitrogen and oxygen atoms in total. The predicted molar refractivity (Wildman–Crippen MR) is 117 cm³/mol. The van der Waals surface area contributed by atoms with Gasteiger partial charge in [-0.3, -0.25) is 14.5 Å². The zero-order valence-electron chi connectivity index (χ0n) is 16.0. The molecule has 0 aromatic heterocycles. The molecular weight excluding hydrogens is 429 g/mol. The molecule has 1 aliphatic rings. The first-order chi connectivity index (χ1) is 14.4. The van der Waals surface area contributed by atoms with Crippen LogP contribution in [0.1, 0.15) is 18.9 Å². The number of thiocarbonyl (C=S) groups is 1. The predicted octanol–water partition coefficient (Wildman–Crippen LogP) is 4.48. The van der Waals surface area contributed by atoms with Crippen molar-refractivity contribution in [3.63, 3.8) is 0 Å². The molecule has 156 valence electrons. The van der Waals surface area contributed by atoms with Gasteiger partial charge >= 0.3 is 5.97 Å². The number of thioether (sulfide) groups is 1. The standard InChI is InChI=1S/C21H18FNO5S2/c1-2-27-17-10-13(6-7-16(17)28-9-8-19(24)25)11-18-20(26)23(21(29)30-18)15-5-3-4-14(22)12-15/h3-7,10-12H,2,8-9H2,1H3,(H,24,25)/b18-11+. The number of ether oxygens (including phenoxy) is 2. The van der Waals surface area contributed by atoms with Gasteiger partial charge in [-0.15, -0.1) is 0 Å². The normalized spacial score (nSPS) is 15.0. The summed E-state index contributed by atoms with van der Waals surface area (Å²) in [6, 6.07) is 10.8. The maximum atomic E-state index is 13.5. The fourth-order valence-electron chi connectivity index (χ4n) is 2.71. The molecule has 2 aromatic carbocycles. The highest BCUT2D eigenvalue weighted by Crippen LogP contribution is 2.37. The van der Waals surface area contributed by atoms with Crippen LogP contribution in [0.4, 0.5) is 10.1 Å². The Balaban J connectivity index is 1.83. The molecule has 1 amide bonds. The number of halogens is 1. The summed E-state index contributed by atoms with van der Waals surface area (Å²) in [6.45, 7) is 2.22. The highest BCUT2D eigenvalue weighted by atomic mass is 32.2. The summed E-state index contributed by atoms with van der Waals surface area (Å²) in [5.41, 5.74) is 1.06. The van der Waals surface area contributed by atoms with Crippen molar-refractivity contribution in [3.8, 4) is 11.5 Å². The Morgan fingerprint density at radius 1 is 1.23 bits per heavy atom. The molecule has 0 unspecified atom stereocenters. The van der Waals surface area contributed by atoms with Gasteiger partial charge in [0.2, 0.25) is 0 Å². The molecule has 0 aliphatic carbocycles. The minimum absolute atomic E-state index is 0.0149. The molecule has 3 rings (SSSR count). The van der Waals surface area contributed by atoms with E-state index >= 15 is 0 Å². The van der Waals surface area contributed by atoms with Crippen LogP contribution in [0, 0.1) is 5.82 Å². The van der Waals surface area contributed by atoms with E-state index in [2.05, 4.69) is 0 Å². The minimum Gasteiger partial charge on any atom is -0.490 e. The SMILES string of the molecule is CCOc1cc(/C=C2/SC(=S)N(c3cccc(F)c3)C2=O)ccc1OCCC(=O)O. The Morgan fingerprint density at radius 3 is 2.73 bits per heavy atom. The summed E-state index contributed by atoms with van der Waals surface area (Å²) in [5, 5.41) is 8.74. The number of amides is 1. The van der Waals surface area contributed by atoms with Gasteiger partial charge in [0.05, 0.1) is 30.2 Å². The average molecular weight is 448 g/mol. The van der Waals surface area contributed by atoms with Crippen molar-refractivity contribution in [2.45, 2.75) is 13.3 Å². The third-order valence-corrected chi connectivity index (χ3v) is 5.30. The Hall–Kier alpha value is -2.91. The molecule has 2 aromatic rings. The number of carbonyl (C=O) groups is 2. The molecule has 9 heteroatoms. The lowest BCUT2D eigenvalue weighted by molar-refractivity contribution is -0.137. The smallest absolute Gasteiger partial charge is 0.306 e. The summed E-state index contributed by atoms with van der Waals surface area (Å²) in [4.78, 5) is 25.2. The topological polar surface area (TPSA) is 76.1 Å². The van der Waals surface area contributed by atoms with Crippen molar-refractivity contribution >= 4 is 51.9 Å². The number of carboxylic acid groups (broad SMARTS) is 1. The first kappa shape index (κ1) is 21.8. The molecule has 30 heavy (non-hydrogen) atoms. The third-order valence-electron chi connectivity index (χ3n) is 4.00. The quantitative estimate of drug-likeness (QED) is 0.472. The van der Waals surface area contributed by atoms with Gasteiger partial charge < -0.3 is 14.6 Å². The first-order valence-electron chi connectivity index (χ1n) is 9.04. The molecule has 1 fully saturated rings. The van der Waals surface area contributed by atoms with E-state index in [9.17, 15) is 14.0 Å². The molecule has 0 bridgehead atoms. The molecule has 1 N–H and O–H groups in total. The van der Waals surface area contributed by atoms with Crippen LogP contribution in [0.2, 0.25) is 0 Å². The summed E-state index contributed by atoms with van der Waals surface area (Å²) in [7, 11) is 0. The maximum Gasteiger partial charge on any atom is 0.306 e. The molecule has 0 saturated carbocycles. The summed E-state index contributed by atoms with van der Waals surface area (Å²) >= 11 is 6.43. The van der Waals surface area contributed by atoms with Crippen molar-refractivity contribution in [1.82, 2.24) is 0 Å². The lowest BCUT2D eigenvalue weighted by Crippen LogP contribution is -2.27. The summed E-state index contributed by atoms with van der Waals surface area (Å²) < 4.78 is 24.9. The van der Waals surface area contributed by atoms with Crippen LogP contribution in [-0.4, -0.2) is 34.5 Å². The van der Waals surface area contributed by atoms with E-state index < -0.39 is 11.8 Å². The van der Waals surface area contributed by atoms with Crippen LogP contribution < -0.4 is 14.4 Å². The first-order valence-corrected chi connectivity index (χ1v) is 10.3. The van der Waals surface area contributed by atoms with E-state index in [1.807, 2.05) is 6.92 Å². The van der Waals surface area contributed by atoms with E-state index in [1.165, 1.54) is 23.1 Å². The fourth-order valence-corrected chi connectivity index (χ4v) is 4.01. The molecule has 1 heterocycles. The molecular formula is C21H18FNO5S2. The van der Waals surface area contributed by atoms with Crippen molar-refractivity contribution < 1.29 is 28.6 Å². The van der Waals surface area contributed by atoms with E-state index in [-0.39, 0.29) is 18.9 Å². The van der Waals surface area contributed by atoms with Gasteiger partial charge in [0.25, 0.3) is 5.91 Å². The van der Waals surface area contributed by atoms with E-state index in [0.29, 0.717) is 38.6 Å². The van der Waals surface area contributed by atoms with Gasteiger partial charge in [-0.05, 0) is 48.9 Å². The maximum absolute atomic E-state index is 13.5. The monoisotopic (exact) mass is 447 g/mol. The Labute approximate surface area is 182 Å². The second-order valence-electron chi connectivity index (χ2n) is 6.13. The fraction of sp³-hybridized carbons (Fsp3) is 0.190. The second-order valence-corrected chi connectivity index (χ2v) is 7.80. The Morgan fingerprint density at radius 2 is 2.03 bits per heavy atom. The molecule has 0 spiro atoms. The number of aliphatic carboxylic acids is 1. The molecule has 1 saturated heterocycles. The van der Waals surface area contributed by atoms with Crippen molar-refractivity contribution in [1.29, 1.82) is 0 Å². The number of nitrogens with zero attached hydrogens (tertiary/aromatic N) is 1. The van der Waals surface area contributed by atoms with Crippen molar-refractivity contribution in [3.05, 3.63) is 58.8 Å². The highest BCUT2D eigenvalue weighted by molar-refractivity contribution is 8.27. The largest absolute Gasteiger partial charge is 0.490 e. The minimum atomic E-state index is -0.954. The number of carbonyl (C=O) groups excluding carboxylic acids is 1. The number of benzene rings is 2. The number of anilines is 1. The third kappa shape index (κ3) is 5.17. The van der Waals surface area contributed by atoms with Gasteiger partial charge in [-0.1, -0.05) is 36.1 Å². The van der Waals surface area contributed by atoms with Crippen molar-refractivity contribution in [2.24, 2.45) is 0 Å². The van der Waals surface area contributed by atoms with E-state index in [1.54, 1.807) is 30.3 Å². The Kier molecular flexibility index (Phi) is 7.07. The zero-order valence-corrected chi connectivity index (χ0v) is 17.6. The van der Waals surface area contributed by atoms with Crippen molar-refractivity contribution in [2.75, 3.05) is 18.1 Å². The lowest BCUT2D eigenvalue weighted by Gasteiger charge is -2.14. The Bertz CT molecular complexity index is 1020. The van der Waals surface area contributed by atoms with Gasteiger partial charge in [0.1, 0.15) is 5.82 Å². The number of hydrogen-bond acceptors (Lipinski definition) is 6. The van der Waals surface area contributed by atoms with E-state index in [0.717, 1.165) is 11.8 Å². The molecule has 0 radical (unpaired) electrons. The van der Waals surface area contributed by atoms with Crippen LogP contribution >= 0.6 is 24.0 Å². The van der Waals surface area contributed by atoms with Crippen LogP contribution in [0.15, 0.2) is 47.4 Å². The lowest BCUT2D eigenvalue weighted by atomic mass is 10.1. The van der Waals surface area contributed by atoms with Gasteiger partial charge in [-0.2, -0.15) is 0 Å². The zero-order chi connectivity index (χ0) is 21.7.